The molecule has 0 atom stereocenters. The van der Waals surface area contributed by atoms with Crippen LogP contribution in [0.4, 0.5) is 15.8 Å². The number of nitro groups is 1. The van der Waals surface area contributed by atoms with Gasteiger partial charge in [0.1, 0.15) is 11.5 Å². The Morgan fingerprint density at radius 3 is 2.42 bits per heavy atom. The Morgan fingerprint density at radius 2 is 1.89 bits per heavy atom. The monoisotopic (exact) mass is 328 g/mol. The fourth-order valence-electron chi connectivity index (χ4n) is 2.82. The Balaban J connectivity index is 1.90. The van der Waals surface area contributed by atoms with Gasteiger partial charge in [0.05, 0.1) is 15.5 Å². The molecule has 0 N–H and O–H groups in total. The van der Waals surface area contributed by atoms with Crippen LogP contribution in [0.2, 0.25) is 0 Å². The zero-order chi connectivity index (χ0) is 13.6. The zero-order valence-corrected chi connectivity index (χ0v) is 12.0. The van der Waals surface area contributed by atoms with Crippen molar-refractivity contribution in [1.29, 1.82) is 0 Å². The van der Waals surface area contributed by atoms with Crippen LogP contribution in [0.15, 0.2) is 16.6 Å². The summed E-state index contributed by atoms with van der Waals surface area (Å²) in [6.45, 7) is 1.64. The van der Waals surface area contributed by atoms with E-state index >= 15 is 0 Å². The second kappa shape index (κ2) is 4.44. The van der Waals surface area contributed by atoms with Gasteiger partial charge in [0.15, 0.2) is 0 Å². The predicted octanol–water partition coefficient (Wildman–Crippen LogP) is 3.88. The van der Waals surface area contributed by atoms with Crippen molar-refractivity contribution in [2.75, 3.05) is 18.0 Å². The van der Waals surface area contributed by atoms with Crippen molar-refractivity contribution >= 4 is 27.3 Å². The molecule has 0 bridgehead atoms. The molecule has 1 saturated heterocycles. The number of hydrogen-bond donors (Lipinski definition) is 0. The van der Waals surface area contributed by atoms with Crippen molar-refractivity contribution in [3.05, 3.63) is 32.5 Å². The third-order valence-electron chi connectivity index (χ3n) is 4.34. The van der Waals surface area contributed by atoms with E-state index in [1.807, 2.05) is 4.90 Å². The molecule has 102 valence electrons. The van der Waals surface area contributed by atoms with Gasteiger partial charge in [-0.2, -0.15) is 0 Å². The van der Waals surface area contributed by atoms with Crippen LogP contribution in [0, 0.1) is 21.3 Å². The standard InChI is InChI=1S/C13H14BrFN2O2/c14-9-7-11(12(17(18)19)8-10(9)15)16-5-3-13(1-2-13)4-6-16/h7-8H,1-6H2. The lowest BCUT2D eigenvalue weighted by molar-refractivity contribution is -0.384. The number of anilines is 1. The average molecular weight is 329 g/mol. The topological polar surface area (TPSA) is 46.4 Å². The van der Waals surface area contributed by atoms with Gasteiger partial charge in [-0.3, -0.25) is 10.1 Å². The highest BCUT2D eigenvalue weighted by Crippen LogP contribution is 2.54. The van der Waals surface area contributed by atoms with Crippen LogP contribution in [0.1, 0.15) is 25.7 Å². The summed E-state index contributed by atoms with van der Waals surface area (Å²) in [6, 6.07) is 2.53. The first-order valence-electron chi connectivity index (χ1n) is 6.39. The van der Waals surface area contributed by atoms with Gasteiger partial charge in [-0.1, -0.05) is 0 Å². The van der Waals surface area contributed by atoms with Crippen LogP contribution in [0.25, 0.3) is 0 Å². The Morgan fingerprint density at radius 1 is 1.26 bits per heavy atom. The summed E-state index contributed by atoms with van der Waals surface area (Å²) in [5, 5.41) is 11.1. The molecular formula is C13H14BrFN2O2. The van der Waals surface area contributed by atoms with Crippen LogP contribution in [0.3, 0.4) is 0 Å². The fourth-order valence-corrected chi connectivity index (χ4v) is 3.16. The smallest absolute Gasteiger partial charge is 0.295 e. The second-order valence-corrected chi connectivity index (χ2v) is 6.35. The van der Waals surface area contributed by atoms with E-state index in [2.05, 4.69) is 15.9 Å². The number of piperidine rings is 1. The molecule has 0 aromatic heterocycles. The summed E-state index contributed by atoms with van der Waals surface area (Å²) in [5.41, 5.74) is 0.893. The van der Waals surface area contributed by atoms with Crippen molar-refractivity contribution in [3.63, 3.8) is 0 Å². The third kappa shape index (κ3) is 2.33. The van der Waals surface area contributed by atoms with Gasteiger partial charge in [0, 0.05) is 13.1 Å². The van der Waals surface area contributed by atoms with Crippen LogP contribution in [-0.4, -0.2) is 18.0 Å². The van der Waals surface area contributed by atoms with Crippen LogP contribution in [-0.2, 0) is 0 Å². The van der Waals surface area contributed by atoms with E-state index in [9.17, 15) is 14.5 Å². The Kier molecular flexibility index (Phi) is 3.00. The lowest BCUT2D eigenvalue weighted by Crippen LogP contribution is -2.34. The highest BCUT2D eigenvalue weighted by Gasteiger charge is 2.45. The molecule has 1 spiro atoms. The molecule has 1 aromatic rings. The molecular weight excluding hydrogens is 315 g/mol. The van der Waals surface area contributed by atoms with Crippen molar-refractivity contribution < 1.29 is 9.31 Å². The third-order valence-corrected chi connectivity index (χ3v) is 4.94. The molecule has 19 heavy (non-hydrogen) atoms. The Hall–Kier alpha value is -1.17. The van der Waals surface area contributed by atoms with Crippen LogP contribution < -0.4 is 4.90 Å². The maximum Gasteiger partial charge on any atom is 0.295 e. The summed E-state index contributed by atoms with van der Waals surface area (Å²) in [7, 11) is 0. The molecule has 3 rings (SSSR count). The van der Waals surface area contributed by atoms with Gasteiger partial charge in [-0.25, -0.2) is 4.39 Å². The lowest BCUT2D eigenvalue weighted by atomic mass is 9.93. The van der Waals surface area contributed by atoms with Gasteiger partial charge in [0.2, 0.25) is 0 Å². The second-order valence-electron chi connectivity index (χ2n) is 5.50. The minimum atomic E-state index is -0.592. The van der Waals surface area contributed by atoms with Gasteiger partial charge >= 0.3 is 0 Å². The van der Waals surface area contributed by atoms with Crippen molar-refractivity contribution in [3.8, 4) is 0 Å². The molecule has 1 aliphatic heterocycles. The Bertz CT molecular complexity index is 536. The predicted molar refractivity (Wildman–Crippen MR) is 73.9 cm³/mol. The summed E-state index contributed by atoms with van der Waals surface area (Å²) < 4.78 is 13.7. The number of benzene rings is 1. The van der Waals surface area contributed by atoms with Gasteiger partial charge < -0.3 is 4.90 Å². The first-order chi connectivity index (χ1) is 9.01. The number of hydrogen-bond acceptors (Lipinski definition) is 3. The minimum absolute atomic E-state index is 0.146. The SMILES string of the molecule is O=[N+]([O-])c1cc(F)c(Br)cc1N1CCC2(CC1)CC2. The van der Waals surface area contributed by atoms with E-state index < -0.39 is 10.7 Å². The Labute approximate surface area is 118 Å². The highest BCUT2D eigenvalue weighted by atomic mass is 79.9. The number of nitro benzene ring substituents is 1. The minimum Gasteiger partial charge on any atom is -0.366 e. The highest BCUT2D eigenvalue weighted by molar-refractivity contribution is 9.10. The molecule has 1 saturated carbocycles. The molecule has 2 aliphatic rings. The summed E-state index contributed by atoms with van der Waals surface area (Å²) >= 11 is 3.11. The van der Waals surface area contributed by atoms with Crippen molar-refractivity contribution in [1.82, 2.24) is 0 Å². The molecule has 0 amide bonds. The number of rotatable bonds is 2. The molecule has 0 radical (unpaired) electrons. The first kappa shape index (κ1) is 12.8. The van der Waals surface area contributed by atoms with Gasteiger partial charge in [-0.15, -0.1) is 0 Å². The van der Waals surface area contributed by atoms with E-state index in [0.717, 1.165) is 32.0 Å². The first-order valence-corrected chi connectivity index (χ1v) is 7.18. The van der Waals surface area contributed by atoms with E-state index in [1.165, 1.54) is 18.9 Å². The van der Waals surface area contributed by atoms with Crippen molar-refractivity contribution in [2.45, 2.75) is 25.7 Å². The summed E-state index contributed by atoms with van der Waals surface area (Å²) in [5.74, 6) is -0.592. The van der Waals surface area contributed by atoms with E-state index in [4.69, 9.17) is 0 Å². The molecule has 1 heterocycles. The summed E-state index contributed by atoms with van der Waals surface area (Å²) in [4.78, 5) is 12.6. The molecule has 1 aliphatic carbocycles. The maximum absolute atomic E-state index is 13.4. The fraction of sp³-hybridized carbons (Fsp3) is 0.538. The van der Waals surface area contributed by atoms with Crippen LogP contribution in [0.5, 0.6) is 0 Å². The molecule has 0 unspecified atom stereocenters. The molecule has 6 heteroatoms. The van der Waals surface area contributed by atoms with Crippen LogP contribution >= 0.6 is 15.9 Å². The normalized spacial score (nSPS) is 20.6. The number of halogens is 2. The molecule has 1 aromatic carbocycles. The largest absolute Gasteiger partial charge is 0.366 e. The number of nitrogens with zero attached hydrogens (tertiary/aromatic N) is 2. The lowest BCUT2D eigenvalue weighted by Gasteiger charge is -2.33. The van der Waals surface area contributed by atoms with Crippen molar-refractivity contribution in [2.24, 2.45) is 5.41 Å². The van der Waals surface area contributed by atoms with E-state index in [1.54, 1.807) is 0 Å². The van der Waals surface area contributed by atoms with Gasteiger partial charge in [0.25, 0.3) is 5.69 Å². The molecule has 2 fully saturated rings. The summed E-state index contributed by atoms with van der Waals surface area (Å²) in [6.07, 6.45) is 4.74. The van der Waals surface area contributed by atoms with E-state index in [0.29, 0.717) is 11.1 Å². The molecule has 4 nitrogen and oxygen atoms in total. The maximum atomic E-state index is 13.4. The van der Waals surface area contributed by atoms with Gasteiger partial charge in [-0.05, 0) is 53.1 Å². The quantitative estimate of drug-likeness (QED) is 0.611. The zero-order valence-electron chi connectivity index (χ0n) is 10.4. The van der Waals surface area contributed by atoms with E-state index in [-0.39, 0.29) is 10.2 Å². The average Bonchev–Trinajstić information content (AvgIpc) is 3.13.